The van der Waals surface area contributed by atoms with Crippen molar-refractivity contribution in [1.82, 2.24) is 24.6 Å². The van der Waals surface area contributed by atoms with Gasteiger partial charge in [0.2, 0.25) is 5.91 Å². The summed E-state index contributed by atoms with van der Waals surface area (Å²) < 4.78 is 57.5. The fraction of sp³-hybridized carbons (Fsp3) is 0.238. The highest BCUT2D eigenvalue weighted by Crippen LogP contribution is 2.40. The average Bonchev–Trinajstić information content (AvgIpc) is 3.22. The number of anilines is 2. The lowest BCUT2D eigenvalue weighted by molar-refractivity contribution is -0.119. The number of aromatic nitrogens is 4. The third-order valence-electron chi connectivity index (χ3n) is 5.80. The van der Waals surface area contributed by atoms with E-state index in [4.69, 9.17) is 5.73 Å². The Balaban J connectivity index is 1.66. The zero-order valence-corrected chi connectivity index (χ0v) is 17.5. The molecule has 2 aromatic heterocycles. The van der Waals surface area contributed by atoms with E-state index in [0.29, 0.717) is 22.4 Å². The van der Waals surface area contributed by atoms with Gasteiger partial charge in [-0.05, 0) is 32.1 Å². The summed E-state index contributed by atoms with van der Waals surface area (Å²) in [6.45, 7) is 3.05. The normalized spacial score (nSPS) is 16.1. The number of nitrogens with two attached hydrogens (primary N) is 1. The lowest BCUT2D eigenvalue weighted by Gasteiger charge is -2.19. The third kappa shape index (κ3) is 3.12. The van der Waals surface area contributed by atoms with Crippen molar-refractivity contribution in [2.75, 3.05) is 11.1 Å². The van der Waals surface area contributed by atoms with Crippen molar-refractivity contribution in [2.45, 2.75) is 32.4 Å². The van der Waals surface area contributed by atoms with Crippen LogP contribution in [0.2, 0.25) is 0 Å². The van der Waals surface area contributed by atoms with Crippen molar-refractivity contribution in [3.63, 3.8) is 0 Å². The first-order valence-corrected chi connectivity index (χ1v) is 9.90. The predicted molar refractivity (Wildman–Crippen MR) is 110 cm³/mol. The molecule has 5 rings (SSSR count). The number of hydrogen-bond donors (Lipinski definition) is 2. The van der Waals surface area contributed by atoms with Crippen LogP contribution in [0, 0.1) is 17.5 Å². The molecular weight excluding hydrogens is 442 g/mol. The Morgan fingerprint density at radius 2 is 1.88 bits per heavy atom. The Morgan fingerprint density at radius 1 is 1.15 bits per heavy atom. The quantitative estimate of drug-likeness (QED) is 0.354. The summed E-state index contributed by atoms with van der Waals surface area (Å²) in [7, 11) is 0. The van der Waals surface area contributed by atoms with E-state index in [1.807, 2.05) is 0 Å². The van der Waals surface area contributed by atoms with Gasteiger partial charge in [-0.2, -0.15) is 5.12 Å². The van der Waals surface area contributed by atoms with Gasteiger partial charge < -0.3 is 15.6 Å². The molecule has 3 aromatic rings. The number of rotatable bonds is 3. The Labute approximate surface area is 184 Å². The topological polar surface area (TPSA) is 102 Å². The zero-order valence-electron chi connectivity index (χ0n) is 17.5. The van der Waals surface area contributed by atoms with Crippen LogP contribution in [-0.4, -0.2) is 30.5 Å². The highest BCUT2D eigenvalue weighted by atomic mass is 19.2. The number of amides is 1. The van der Waals surface area contributed by atoms with Gasteiger partial charge in [-0.1, -0.05) is 4.48 Å². The predicted octanol–water partition coefficient (Wildman–Crippen LogP) is 3.29. The summed E-state index contributed by atoms with van der Waals surface area (Å²) in [5.74, 6) is -3.43. The van der Waals surface area contributed by atoms with Crippen molar-refractivity contribution in [3.8, 4) is 11.5 Å². The number of halogens is 4. The molecular formula is C21H17F4N7O. The summed E-state index contributed by atoms with van der Waals surface area (Å²) in [6, 6.07) is 1.49. The second-order valence-corrected chi connectivity index (χ2v) is 8.28. The van der Waals surface area contributed by atoms with E-state index in [2.05, 4.69) is 20.3 Å². The van der Waals surface area contributed by atoms with Gasteiger partial charge in [0.15, 0.2) is 17.5 Å². The van der Waals surface area contributed by atoms with Crippen LogP contribution in [0.5, 0.6) is 0 Å². The van der Waals surface area contributed by atoms with Crippen LogP contribution in [0.3, 0.4) is 0 Å². The lowest BCUT2D eigenvalue weighted by Crippen LogP contribution is -2.27. The number of nitrogen functional groups attached to an aromatic ring is 1. The largest absolute Gasteiger partial charge is 0.383 e. The lowest BCUT2D eigenvalue weighted by atomic mass is 9.87. The van der Waals surface area contributed by atoms with Crippen LogP contribution < -0.4 is 11.1 Å². The van der Waals surface area contributed by atoms with Crippen LogP contribution >= 0.6 is 0 Å². The molecule has 0 aliphatic carbocycles. The molecule has 33 heavy (non-hydrogen) atoms. The van der Waals surface area contributed by atoms with Gasteiger partial charge in [0.25, 0.3) is 0 Å². The zero-order chi connectivity index (χ0) is 23.7. The highest BCUT2D eigenvalue weighted by Gasteiger charge is 2.42. The molecule has 0 atom stereocenters. The molecule has 2 aliphatic rings. The number of imidazole rings is 1. The van der Waals surface area contributed by atoms with E-state index in [-0.39, 0.29) is 41.6 Å². The Morgan fingerprint density at radius 3 is 2.64 bits per heavy atom. The molecule has 12 heteroatoms. The minimum Gasteiger partial charge on any atom is -0.383 e. The molecule has 0 saturated heterocycles. The van der Waals surface area contributed by atoms with Crippen LogP contribution in [0.1, 0.15) is 36.5 Å². The molecule has 0 saturated carbocycles. The molecule has 170 valence electrons. The molecule has 2 aliphatic heterocycles. The van der Waals surface area contributed by atoms with Crippen LogP contribution in [0.4, 0.5) is 29.3 Å². The fourth-order valence-corrected chi connectivity index (χ4v) is 4.03. The first kappa shape index (κ1) is 20.9. The molecule has 3 N–H and O–H groups in total. The minimum absolute atomic E-state index is 0.0383. The molecule has 1 amide bonds. The maximum Gasteiger partial charge on any atom is 0.235 e. The van der Waals surface area contributed by atoms with Gasteiger partial charge in [-0.15, -0.1) is 0 Å². The highest BCUT2D eigenvalue weighted by molar-refractivity contribution is 6.06. The van der Waals surface area contributed by atoms with Crippen LogP contribution in [-0.2, 0) is 23.3 Å². The van der Waals surface area contributed by atoms with Gasteiger partial charge >= 0.3 is 0 Å². The number of hydrogen-bond acceptors (Lipinski definition) is 6. The standard InChI is InChI=1S/C21H17F4N7O/c1-21(2)14-17(26)28-19(29-18(14)30-20(21)33)16-12-5-6-31(25)8-32(12)13(27-16)7-9-10(22)3-4-11(23)15(9)24/h3-6H,7-8H2,1-2H3,(H3,26,28,29,30,33). The Kier molecular flexibility index (Phi) is 4.45. The van der Waals surface area contributed by atoms with E-state index in [0.717, 1.165) is 12.3 Å². The van der Waals surface area contributed by atoms with E-state index >= 15 is 0 Å². The van der Waals surface area contributed by atoms with Crippen LogP contribution in [0.25, 0.3) is 17.6 Å². The SMILES string of the molecule is CC1(C)C(=O)Nc2nc(-c3nc(Cc4c(F)ccc(F)c4F)n4c3C=CN(F)C4)nc(N)c21. The van der Waals surface area contributed by atoms with Crippen LogP contribution in [0.15, 0.2) is 18.3 Å². The summed E-state index contributed by atoms with van der Waals surface area (Å²) in [6.07, 6.45) is 2.09. The molecule has 0 unspecified atom stereocenters. The van der Waals surface area contributed by atoms with Gasteiger partial charge in [0, 0.05) is 18.2 Å². The van der Waals surface area contributed by atoms with Crippen molar-refractivity contribution >= 4 is 23.6 Å². The van der Waals surface area contributed by atoms with Gasteiger partial charge in [0.05, 0.1) is 16.7 Å². The number of fused-ring (bicyclic) bond motifs is 2. The number of carbonyl (C=O) groups excluding carboxylic acids is 1. The number of benzene rings is 1. The molecule has 0 spiro atoms. The van der Waals surface area contributed by atoms with E-state index in [1.165, 1.54) is 10.6 Å². The number of nitrogens with one attached hydrogen (secondary N) is 1. The van der Waals surface area contributed by atoms with Crippen molar-refractivity contribution < 1.29 is 22.4 Å². The summed E-state index contributed by atoms with van der Waals surface area (Å²) >= 11 is 0. The van der Waals surface area contributed by atoms with Crippen molar-refractivity contribution in [3.05, 3.63) is 58.4 Å². The molecule has 8 nitrogen and oxygen atoms in total. The molecule has 0 bridgehead atoms. The molecule has 4 heterocycles. The first-order chi connectivity index (χ1) is 15.6. The smallest absolute Gasteiger partial charge is 0.235 e. The maximum absolute atomic E-state index is 14.3. The minimum atomic E-state index is -1.35. The monoisotopic (exact) mass is 459 g/mol. The first-order valence-electron chi connectivity index (χ1n) is 9.90. The second-order valence-electron chi connectivity index (χ2n) is 8.28. The third-order valence-corrected chi connectivity index (χ3v) is 5.80. The molecule has 0 radical (unpaired) electrons. The fourth-order valence-electron chi connectivity index (χ4n) is 4.03. The van der Waals surface area contributed by atoms with E-state index in [9.17, 15) is 22.4 Å². The number of nitrogens with zero attached hydrogens (tertiary/aromatic N) is 5. The van der Waals surface area contributed by atoms with Gasteiger partial charge in [-0.3, -0.25) is 4.79 Å². The van der Waals surface area contributed by atoms with Crippen molar-refractivity contribution in [2.24, 2.45) is 0 Å². The van der Waals surface area contributed by atoms with E-state index < -0.39 is 34.9 Å². The van der Waals surface area contributed by atoms with E-state index in [1.54, 1.807) is 13.8 Å². The summed E-state index contributed by atoms with van der Waals surface area (Å²) in [5, 5.41) is 3.01. The van der Waals surface area contributed by atoms with Crippen molar-refractivity contribution in [1.29, 1.82) is 0 Å². The maximum atomic E-state index is 14.3. The van der Waals surface area contributed by atoms with Gasteiger partial charge in [-0.25, -0.2) is 28.1 Å². The summed E-state index contributed by atoms with van der Waals surface area (Å²) in [5.41, 5.74) is 5.62. The molecule has 0 fully saturated rings. The Hall–Kier alpha value is -3.96. The average molecular weight is 459 g/mol. The Bertz CT molecular complexity index is 1370. The molecule has 1 aromatic carbocycles. The van der Waals surface area contributed by atoms with Gasteiger partial charge in [0.1, 0.15) is 35.6 Å². The second kappa shape index (κ2) is 7.02. The summed E-state index contributed by atoms with van der Waals surface area (Å²) in [4.78, 5) is 25.4. The number of carbonyl (C=O) groups is 1.